The monoisotopic (exact) mass is 1230 g/mol. The first-order valence-electron chi connectivity index (χ1n) is 28.9. The number of esters is 7. The molecule has 3 aliphatic heterocycles. The smallest absolute Gasteiger partial charge is 0.338 e. The molecule has 466 valence electrons. The second kappa shape index (κ2) is 29.5. The van der Waals surface area contributed by atoms with E-state index in [2.05, 4.69) is 0 Å². The first-order valence-corrected chi connectivity index (χ1v) is 28.9. The van der Waals surface area contributed by atoms with Crippen LogP contribution in [0.1, 0.15) is 89.8 Å². The van der Waals surface area contributed by atoms with Gasteiger partial charge in [-0.3, -0.25) is 4.79 Å². The number of carbonyl (C=O) groups excluding carboxylic acids is 7. The minimum Gasteiger partial charge on any atom is -0.497 e. The maximum atomic E-state index is 14.5. The summed E-state index contributed by atoms with van der Waals surface area (Å²) in [6.45, 7) is 5.65. The van der Waals surface area contributed by atoms with Crippen molar-refractivity contribution in [2.24, 2.45) is 0 Å². The maximum Gasteiger partial charge on any atom is 0.338 e. The van der Waals surface area contributed by atoms with Gasteiger partial charge < -0.3 is 66.3 Å². The molecule has 15 atom stereocenters. The maximum absolute atomic E-state index is 14.5. The van der Waals surface area contributed by atoms with Crippen molar-refractivity contribution in [3.8, 4) is 11.5 Å². The zero-order valence-corrected chi connectivity index (χ0v) is 49.4. The molecule has 3 fully saturated rings. The predicted octanol–water partition coefficient (Wildman–Crippen LogP) is 9.36. The van der Waals surface area contributed by atoms with Crippen LogP contribution in [0.3, 0.4) is 0 Å². The molecule has 90 heavy (non-hydrogen) atoms. The number of carbonyl (C=O) groups is 7. The summed E-state index contributed by atoms with van der Waals surface area (Å²) >= 11 is 0. The van der Waals surface area contributed by atoms with E-state index >= 15 is 0 Å². The molecule has 0 spiro atoms. The highest BCUT2D eigenvalue weighted by Crippen LogP contribution is 2.39. The van der Waals surface area contributed by atoms with Crippen LogP contribution in [0, 0.1) is 0 Å². The normalized spacial score (nSPS) is 26.2. The first-order chi connectivity index (χ1) is 43.6. The molecule has 0 amide bonds. The molecule has 0 radical (unpaired) electrons. The van der Waals surface area contributed by atoms with Gasteiger partial charge in [0.2, 0.25) is 6.29 Å². The van der Waals surface area contributed by atoms with E-state index in [9.17, 15) is 33.6 Å². The van der Waals surface area contributed by atoms with Crippen LogP contribution in [0.4, 0.5) is 0 Å². The van der Waals surface area contributed by atoms with E-state index in [-0.39, 0.29) is 39.1 Å². The molecule has 7 aromatic carbocycles. The topological polar surface area (TPSA) is 249 Å². The third-order valence-electron chi connectivity index (χ3n) is 14.9. The Balaban J connectivity index is 1.09. The second-order valence-electron chi connectivity index (χ2n) is 21.1. The van der Waals surface area contributed by atoms with E-state index in [1.165, 1.54) is 93.8 Å². The van der Waals surface area contributed by atoms with E-state index in [0.717, 1.165) is 6.92 Å². The molecule has 0 saturated carbocycles. The van der Waals surface area contributed by atoms with Gasteiger partial charge in [-0.05, 0) is 118 Å². The van der Waals surface area contributed by atoms with Crippen LogP contribution in [0.25, 0.3) is 0 Å². The minimum atomic E-state index is -1.91. The fourth-order valence-electron chi connectivity index (χ4n) is 10.4. The molecule has 21 nitrogen and oxygen atoms in total. The molecule has 10 rings (SSSR count). The lowest BCUT2D eigenvalue weighted by Crippen LogP contribution is -2.68. The Labute approximate surface area is 517 Å². The highest BCUT2D eigenvalue weighted by molar-refractivity contribution is 5.92. The third-order valence-corrected chi connectivity index (χ3v) is 14.9. The average Bonchev–Trinajstić information content (AvgIpc) is 0.906. The van der Waals surface area contributed by atoms with Gasteiger partial charge in [-0.1, -0.05) is 109 Å². The summed E-state index contributed by atoms with van der Waals surface area (Å²) in [7, 11) is 1.49. The minimum absolute atomic E-state index is 0.0338. The standard InChI is InChI=1S/C69H64O21/c1-40-52(83-61(71)44-24-12-6-13-25-44)55(86-64(74)47-30-18-9-19-31-47)59(87-65(75)48-32-20-10-21-33-48)69(80-40)89-56-53(84-62(72)45-26-14-7-15-27-45)42(3)79-68(58(56)81-43(4)70)90-57-54(85-63(73)46-28-16-8-17-29-46)41(2)78-67(82-51-38-36-50(77-5)37-39-51)60(57)88-66(76)49-34-22-11-23-35-49/h6-42,52-60,67-69H,1-5H3/t40-,41-,42-,52-,53-,54-,55+,56+,57+,58+,59+,60+,67-,68-,69-/m1/s1. The Hall–Kier alpha value is -9.77. The van der Waals surface area contributed by atoms with Gasteiger partial charge in [0.25, 0.3) is 0 Å². The van der Waals surface area contributed by atoms with Gasteiger partial charge in [0.05, 0.1) is 58.8 Å². The van der Waals surface area contributed by atoms with Gasteiger partial charge in [0, 0.05) is 6.92 Å². The van der Waals surface area contributed by atoms with Crippen LogP contribution in [0.5, 0.6) is 11.5 Å². The lowest BCUT2D eigenvalue weighted by atomic mass is 9.95. The number of benzene rings is 7. The van der Waals surface area contributed by atoms with Gasteiger partial charge in [0.15, 0.2) is 55.3 Å². The summed E-state index contributed by atoms with van der Waals surface area (Å²) in [5.74, 6) is -5.62. The summed E-state index contributed by atoms with van der Waals surface area (Å²) in [5, 5.41) is 0. The average molecular weight is 1230 g/mol. The van der Waals surface area contributed by atoms with Crippen molar-refractivity contribution in [3.05, 3.63) is 240 Å². The van der Waals surface area contributed by atoms with E-state index < -0.39 is 134 Å². The van der Waals surface area contributed by atoms with E-state index in [1.54, 1.807) is 140 Å². The predicted molar refractivity (Wildman–Crippen MR) is 316 cm³/mol. The second-order valence-corrected chi connectivity index (χ2v) is 21.1. The molecule has 21 heteroatoms. The van der Waals surface area contributed by atoms with Crippen molar-refractivity contribution in [2.45, 2.75) is 120 Å². The van der Waals surface area contributed by atoms with Gasteiger partial charge in [-0.2, -0.15) is 0 Å². The van der Waals surface area contributed by atoms with Gasteiger partial charge >= 0.3 is 41.8 Å². The summed E-state index contributed by atoms with van der Waals surface area (Å²) in [4.78, 5) is 99.8. The van der Waals surface area contributed by atoms with E-state index in [1.807, 2.05) is 0 Å². The van der Waals surface area contributed by atoms with Crippen LogP contribution >= 0.6 is 0 Å². The molecule has 0 aliphatic carbocycles. The number of hydrogen-bond donors (Lipinski definition) is 0. The Morgan fingerprint density at radius 2 is 0.533 bits per heavy atom. The molecule has 3 aliphatic rings. The number of ether oxygens (including phenoxy) is 14. The van der Waals surface area contributed by atoms with Crippen molar-refractivity contribution >= 4 is 41.8 Å². The number of rotatable bonds is 20. The van der Waals surface area contributed by atoms with Crippen molar-refractivity contribution in [2.75, 3.05) is 7.11 Å². The fourth-order valence-corrected chi connectivity index (χ4v) is 10.4. The summed E-state index contributed by atoms with van der Waals surface area (Å²) in [6, 6.07) is 54.0. The summed E-state index contributed by atoms with van der Waals surface area (Å²) < 4.78 is 89.6. The Morgan fingerprint density at radius 3 is 0.833 bits per heavy atom. The van der Waals surface area contributed by atoms with E-state index in [4.69, 9.17) is 66.3 Å². The van der Waals surface area contributed by atoms with Crippen molar-refractivity contribution in [1.29, 1.82) is 0 Å². The van der Waals surface area contributed by atoms with E-state index in [0.29, 0.717) is 5.75 Å². The molecule has 3 heterocycles. The van der Waals surface area contributed by atoms with Crippen molar-refractivity contribution in [1.82, 2.24) is 0 Å². The molecular weight excluding hydrogens is 1160 g/mol. The summed E-state index contributed by atoms with van der Waals surface area (Å²) in [6.07, 6.45) is -24.4. The Bertz CT molecular complexity index is 3540. The van der Waals surface area contributed by atoms with Crippen LogP contribution in [0.15, 0.2) is 206 Å². The SMILES string of the molecule is COc1ccc(O[C@H]2O[C@H](C)[C@@H](OC(=O)c3ccccc3)[C@H](O[C@H]3O[C@H](C)[C@@H](OC(=O)c4ccccc4)[C@H](O[C@H]4O[C@H](C)[C@@H](OC(=O)c5ccccc5)[C@H](OC(=O)c5ccccc5)[C@@H]4OC(=O)c4ccccc4)[C@@H]3OC(C)=O)[C@@H]2OC(=O)c2ccccc2)cc1. The molecule has 3 saturated heterocycles. The molecular formula is C69H64O21. The Kier molecular flexibility index (Phi) is 20.7. The zero-order valence-electron chi connectivity index (χ0n) is 49.4. The molecule has 0 unspecified atom stereocenters. The van der Waals surface area contributed by atoms with Crippen LogP contribution in [0.2, 0.25) is 0 Å². The third kappa shape index (κ3) is 15.4. The lowest BCUT2D eigenvalue weighted by molar-refractivity contribution is -0.370. The first kappa shape index (κ1) is 63.3. The quantitative estimate of drug-likeness (QED) is 0.0509. The van der Waals surface area contributed by atoms with Crippen LogP contribution in [-0.2, 0) is 61.6 Å². The molecule has 7 aromatic rings. The fraction of sp³-hybridized carbons (Fsp3) is 0.290. The van der Waals surface area contributed by atoms with Crippen molar-refractivity contribution < 1.29 is 99.9 Å². The largest absolute Gasteiger partial charge is 0.497 e. The zero-order chi connectivity index (χ0) is 63.3. The van der Waals surface area contributed by atoms with Gasteiger partial charge in [-0.15, -0.1) is 0 Å². The summed E-state index contributed by atoms with van der Waals surface area (Å²) in [5.41, 5.74) is 0.535. The molecule has 0 N–H and O–H groups in total. The Morgan fingerprint density at radius 1 is 0.289 bits per heavy atom. The lowest BCUT2D eigenvalue weighted by Gasteiger charge is -2.50. The van der Waals surface area contributed by atoms with Crippen LogP contribution < -0.4 is 9.47 Å². The number of hydrogen-bond acceptors (Lipinski definition) is 21. The highest BCUT2D eigenvalue weighted by atomic mass is 16.8. The van der Waals surface area contributed by atoms with Gasteiger partial charge in [-0.25, -0.2) is 28.8 Å². The molecule has 0 bridgehead atoms. The number of methoxy groups -OCH3 is 1. The highest BCUT2D eigenvalue weighted by Gasteiger charge is 2.59. The molecule has 0 aromatic heterocycles. The van der Waals surface area contributed by atoms with Gasteiger partial charge in [0.1, 0.15) is 23.7 Å². The van der Waals surface area contributed by atoms with Crippen LogP contribution in [-0.4, -0.2) is 141 Å². The van der Waals surface area contributed by atoms with Crippen molar-refractivity contribution in [3.63, 3.8) is 0 Å².